The summed E-state index contributed by atoms with van der Waals surface area (Å²) in [7, 11) is 0. The first-order chi connectivity index (χ1) is 10.6. The standard InChI is InChI=1S/C18H23ClN2O/c19-16-6-13(4-5-20-16)18(22)14-2-1-3-15(18)11-21(10-14)17-7-12(8-17)9-17/h4-6,12,14-15,22H,1-3,7-11H2/t12?,14-,15+,17?,18-. The topological polar surface area (TPSA) is 36.4 Å². The first-order valence-corrected chi connectivity index (χ1v) is 9.07. The highest BCUT2D eigenvalue weighted by Crippen LogP contribution is 2.63. The number of likely N-dealkylation sites (tertiary alicyclic amines) is 1. The lowest BCUT2D eigenvalue weighted by Gasteiger charge is -2.70. The fraction of sp³-hybridized carbons (Fsp3) is 0.722. The van der Waals surface area contributed by atoms with E-state index in [1.54, 1.807) is 6.20 Å². The van der Waals surface area contributed by atoms with E-state index >= 15 is 0 Å². The zero-order valence-electron chi connectivity index (χ0n) is 12.8. The molecule has 6 rings (SSSR count). The van der Waals surface area contributed by atoms with E-state index in [0.717, 1.165) is 37.4 Å². The Bertz CT molecular complexity index is 588. The van der Waals surface area contributed by atoms with Gasteiger partial charge in [0.15, 0.2) is 0 Å². The van der Waals surface area contributed by atoms with Gasteiger partial charge in [0.05, 0.1) is 5.60 Å². The van der Waals surface area contributed by atoms with E-state index in [1.165, 1.54) is 25.7 Å². The molecule has 1 N–H and O–H groups in total. The molecule has 4 aliphatic carbocycles. The molecule has 3 atom stereocenters. The zero-order valence-corrected chi connectivity index (χ0v) is 13.6. The van der Waals surface area contributed by atoms with Crippen LogP contribution in [-0.2, 0) is 5.60 Å². The van der Waals surface area contributed by atoms with Crippen molar-refractivity contribution in [1.29, 1.82) is 0 Å². The minimum absolute atomic E-state index is 0.340. The van der Waals surface area contributed by atoms with Crippen LogP contribution in [0.1, 0.15) is 44.1 Å². The van der Waals surface area contributed by atoms with E-state index in [4.69, 9.17) is 11.6 Å². The number of pyridine rings is 1. The van der Waals surface area contributed by atoms with Crippen molar-refractivity contribution in [3.05, 3.63) is 29.0 Å². The Labute approximate surface area is 136 Å². The van der Waals surface area contributed by atoms with Gasteiger partial charge in [0.2, 0.25) is 0 Å². The summed E-state index contributed by atoms with van der Waals surface area (Å²) in [5.41, 5.74) is 0.806. The third kappa shape index (κ3) is 1.68. The largest absolute Gasteiger partial charge is 0.384 e. The van der Waals surface area contributed by atoms with Gasteiger partial charge in [-0.15, -0.1) is 0 Å². The van der Waals surface area contributed by atoms with Gasteiger partial charge in [-0.25, -0.2) is 4.98 Å². The number of halogens is 1. The van der Waals surface area contributed by atoms with Crippen molar-refractivity contribution in [1.82, 2.24) is 9.88 Å². The summed E-state index contributed by atoms with van der Waals surface area (Å²) < 4.78 is 0. The number of piperidine rings is 1. The first-order valence-electron chi connectivity index (χ1n) is 8.70. The summed E-state index contributed by atoms with van der Waals surface area (Å²) in [5, 5.41) is 12.1. The average Bonchev–Trinajstić information content (AvgIpc) is 2.36. The lowest BCUT2D eigenvalue weighted by Crippen LogP contribution is -2.73. The van der Waals surface area contributed by atoms with Crippen LogP contribution in [0.3, 0.4) is 0 Å². The number of aliphatic hydroxyl groups is 1. The third-order valence-electron chi connectivity index (χ3n) is 7.10. The maximum absolute atomic E-state index is 11.6. The van der Waals surface area contributed by atoms with E-state index in [0.29, 0.717) is 22.5 Å². The minimum Gasteiger partial charge on any atom is -0.384 e. The molecule has 5 fully saturated rings. The Kier molecular flexibility index (Phi) is 2.79. The minimum atomic E-state index is -0.704. The van der Waals surface area contributed by atoms with Gasteiger partial charge >= 0.3 is 0 Å². The summed E-state index contributed by atoms with van der Waals surface area (Å²) in [6, 6.07) is 3.84. The Morgan fingerprint density at radius 1 is 1.18 bits per heavy atom. The van der Waals surface area contributed by atoms with Crippen LogP contribution < -0.4 is 0 Å². The second kappa shape index (κ2) is 4.46. The Balaban J connectivity index is 1.49. The number of nitrogens with zero attached hydrogens (tertiary/aromatic N) is 2. The highest BCUT2D eigenvalue weighted by Gasteiger charge is 2.63. The molecule has 4 saturated carbocycles. The van der Waals surface area contributed by atoms with Crippen molar-refractivity contribution in [3.8, 4) is 0 Å². The van der Waals surface area contributed by atoms with Gasteiger partial charge < -0.3 is 5.11 Å². The van der Waals surface area contributed by atoms with Gasteiger partial charge in [-0.05, 0) is 55.7 Å². The lowest BCUT2D eigenvalue weighted by molar-refractivity contribution is -0.217. The van der Waals surface area contributed by atoms with E-state index < -0.39 is 5.60 Å². The molecule has 0 unspecified atom stereocenters. The molecule has 0 radical (unpaired) electrons. The number of rotatable bonds is 2. The molecule has 118 valence electrons. The molecule has 4 heteroatoms. The van der Waals surface area contributed by atoms with Gasteiger partial charge in [-0.1, -0.05) is 18.0 Å². The normalized spacial score (nSPS) is 46.7. The van der Waals surface area contributed by atoms with Gasteiger partial charge in [0.1, 0.15) is 5.15 Å². The Morgan fingerprint density at radius 2 is 1.86 bits per heavy atom. The van der Waals surface area contributed by atoms with Gasteiger partial charge in [0.25, 0.3) is 0 Å². The van der Waals surface area contributed by atoms with Crippen LogP contribution in [0.15, 0.2) is 18.3 Å². The zero-order chi connectivity index (χ0) is 14.9. The SMILES string of the molecule is O[C@]1(c2ccnc(Cl)c2)[C@@H]2CCC[C@H]1CN(C13CC(C1)C3)C2. The van der Waals surface area contributed by atoms with Crippen LogP contribution in [-0.4, -0.2) is 33.6 Å². The van der Waals surface area contributed by atoms with Gasteiger partial charge in [-0.2, -0.15) is 0 Å². The number of aromatic nitrogens is 1. The molecule has 0 amide bonds. The van der Waals surface area contributed by atoms with Crippen molar-refractivity contribution in [2.24, 2.45) is 17.8 Å². The van der Waals surface area contributed by atoms with Crippen molar-refractivity contribution in [2.75, 3.05) is 13.1 Å². The fourth-order valence-electron chi connectivity index (χ4n) is 5.78. The maximum atomic E-state index is 11.6. The van der Waals surface area contributed by atoms with Crippen LogP contribution in [0.2, 0.25) is 5.15 Å². The smallest absolute Gasteiger partial charge is 0.129 e. The second-order valence-corrected chi connectivity index (χ2v) is 8.51. The molecule has 0 spiro atoms. The maximum Gasteiger partial charge on any atom is 0.129 e. The van der Waals surface area contributed by atoms with Crippen LogP contribution in [0.5, 0.6) is 0 Å². The molecular formula is C18H23ClN2O. The number of hydrogen-bond donors (Lipinski definition) is 1. The summed E-state index contributed by atoms with van der Waals surface area (Å²) in [6.45, 7) is 2.11. The summed E-state index contributed by atoms with van der Waals surface area (Å²) in [5.74, 6) is 1.69. The van der Waals surface area contributed by atoms with Crippen molar-refractivity contribution in [2.45, 2.75) is 49.7 Å². The molecule has 22 heavy (non-hydrogen) atoms. The lowest BCUT2D eigenvalue weighted by atomic mass is 9.48. The van der Waals surface area contributed by atoms with E-state index in [-0.39, 0.29) is 0 Å². The van der Waals surface area contributed by atoms with Gasteiger partial charge in [0, 0.05) is 36.7 Å². The monoisotopic (exact) mass is 318 g/mol. The first kappa shape index (κ1) is 13.8. The molecule has 1 aliphatic heterocycles. The molecule has 2 heterocycles. The predicted molar refractivity (Wildman–Crippen MR) is 85.6 cm³/mol. The Hall–Kier alpha value is -0.640. The summed E-state index contributed by atoms with van der Waals surface area (Å²) in [4.78, 5) is 6.82. The van der Waals surface area contributed by atoms with E-state index in [1.807, 2.05) is 12.1 Å². The highest BCUT2D eigenvalue weighted by molar-refractivity contribution is 6.29. The molecule has 5 aliphatic rings. The average molecular weight is 319 g/mol. The van der Waals surface area contributed by atoms with E-state index in [9.17, 15) is 5.11 Å². The summed E-state index contributed by atoms with van der Waals surface area (Å²) >= 11 is 6.09. The molecular weight excluding hydrogens is 296 g/mol. The second-order valence-electron chi connectivity index (χ2n) is 8.13. The van der Waals surface area contributed by atoms with Crippen LogP contribution in [0.25, 0.3) is 0 Å². The Morgan fingerprint density at radius 3 is 2.41 bits per heavy atom. The molecule has 1 saturated heterocycles. The van der Waals surface area contributed by atoms with Crippen LogP contribution >= 0.6 is 11.6 Å². The van der Waals surface area contributed by atoms with Crippen molar-refractivity contribution >= 4 is 11.6 Å². The van der Waals surface area contributed by atoms with E-state index in [2.05, 4.69) is 9.88 Å². The molecule has 4 bridgehead atoms. The fourth-order valence-corrected chi connectivity index (χ4v) is 5.96. The van der Waals surface area contributed by atoms with Crippen LogP contribution in [0, 0.1) is 17.8 Å². The quantitative estimate of drug-likeness (QED) is 0.851. The third-order valence-corrected chi connectivity index (χ3v) is 7.30. The predicted octanol–water partition coefficient (Wildman–Crippen LogP) is 3.21. The van der Waals surface area contributed by atoms with Crippen LogP contribution in [0.4, 0.5) is 0 Å². The van der Waals surface area contributed by atoms with Crippen molar-refractivity contribution < 1.29 is 5.11 Å². The summed E-state index contributed by atoms with van der Waals surface area (Å²) in [6.07, 6.45) is 9.47. The highest BCUT2D eigenvalue weighted by atomic mass is 35.5. The van der Waals surface area contributed by atoms with Crippen molar-refractivity contribution in [3.63, 3.8) is 0 Å². The number of fused-ring (bicyclic) bond motifs is 2. The molecule has 0 aromatic carbocycles. The van der Waals surface area contributed by atoms with Gasteiger partial charge in [-0.3, -0.25) is 4.90 Å². The number of hydrogen-bond acceptors (Lipinski definition) is 3. The molecule has 1 aromatic heterocycles. The molecule has 3 nitrogen and oxygen atoms in total. The molecule has 1 aromatic rings.